The van der Waals surface area contributed by atoms with Gasteiger partial charge in [0.15, 0.2) is 0 Å². The Morgan fingerprint density at radius 3 is 2.44 bits per heavy atom. The number of hydrogen-bond acceptors (Lipinski definition) is 3. The van der Waals surface area contributed by atoms with Gasteiger partial charge in [-0.1, -0.05) is 0 Å². The van der Waals surface area contributed by atoms with Gasteiger partial charge in [-0.2, -0.15) is 0 Å². The lowest BCUT2D eigenvalue weighted by Crippen LogP contribution is -2.02. The molecule has 0 radical (unpaired) electrons. The first kappa shape index (κ1) is 8.62. The number of aliphatic imine (C=N–C) groups is 1. The van der Waals surface area contributed by atoms with Crippen LogP contribution in [0.3, 0.4) is 0 Å². The van der Waals surface area contributed by atoms with E-state index in [1.807, 2.05) is 0 Å². The van der Waals surface area contributed by atoms with Gasteiger partial charge >= 0.3 is 0 Å². The molecule has 0 aromatic rings. The van der Waals surface area contributed by atoms with Gasteiger partial charge in [0.05, 0.1) is 5.75 Å². The number of rotatable bonds is 3. The molecule has 0 fully saturated rings. The molecule has 0 heterocycles. The summed E-state index contributed by atoms with van der Waals surface area (Å²) < 4.78 is 20.9. The highest BCUT2D eigenvalue weighted by molar-refractivity contribution is 7.90. The first-order chi connectivity index (χ1) is 4.06. The molecule has 54 valence electrons. The molecule has 0 bridgehead atoms. The summed E-state index contributed by atoms with van der Waals surface area (Å²) in [5.74, 6) is 0.199. The van der Waals surface area contributed by atoms with Gasteiger partial charge in [0.1, 0.15) is 9.84 Å². The normalized spacial score (nSPS) is 12.7. The lowest BCUT2D eigenvalue weighted by atomic mass is 10.5. The van der Waals surface area contributed by atoms with Crippen molar-refractivity contribution in [1.82, 2.24) is 0 Å². The van der Waals surface area contributed by atoms with Crippen LogP contribution >= 0.6 is 0 Å². The first-order valence-corrected chi connectivity index (χ1v) is 4.70. The summed E-state index contributed by atoms with van der Waals surface area (Å²) in [5, 5.41) is 0. The molecule has 0 aliphatic rings. The van der Waals surface area contributed by atoms with Crippen molar-refractivity contribution in [3.05, 3.63) is 0 Å². The average molecular weight is 149 g/mol. The van der Waals surface area contributed by atoms with Gasteiger partial charge in [-0.15, -0.1) is 0 Å². The van der Waals surface area contributed by atoms with Crippen molar-refractivity contribution < 1.29 is 8.42 Å². The minimum Gasteiger partial charge on any atom is -0.301 e. The molecule has 0 aromatic heterocycles. The van der Waals surface area contributed by atoms with Gasteiger partial charge in [0.2, 0.25) is 0 Å². The van der Waals surface area contributed by atoms with Crippen molar-refractivity contribution in [2.45, 2.75) is 6.42 Å². The SMILES string of the molecule is CN=CCCS(C)(=O)=O. The zero-order valence-electron chi connectivity index (χ0n) is 5.66. The Balaban J connectivity index is 3.53. The highest BCUT2D eigenvalue weighted by Gasteiger charge is 1.97. The van der Waals surface area contributed by atoms with Crippen LogP contribution < -0.4 is 0 Å². The van der Waals surface area contributed by atoms with Crippen LogP contribution in [0.5, 0.6) is 0 Å². The first-order valence-electron chi connectivity index (χ1n) is 2.64. The summed E-state index contributed by atoms with van der Waals surface area (Å²) in [6.07, 6.45) is 3.34. The lowest BCUT2D eigenvalue weighted by Gasteiger charge is -1.89. The van der Waals surface area contributed by atoms with Crippen LogP contribution in [-0.4, -0.2) is 33.7 Å². The molecule has 0 atom stereocenters. The van der Waals surface area contributed by atoms with Gasteiger partial charge in [-0.25, -0.2) is 8.42 Å². The molecule has 9 heavy (non-hydrogen) atoms. The van der Waals surface area contributed by atoms with E-state index in [1.54, 1.807) is 13.3 Å². The molecule has 0 aliphatic heterocycles. The second-order valence-corrected chi connectivity index (χ2v) is 4.12. The largest absolute Gasteiger partial charge is 0.301 e. The Kier molecular flexibility index (Phi) is 3.46. The van der Waals surface area contributed by atoms with E-state index in [4.69, 9.17) is 0 Å². The number of hydrogen-bond donors (Lipinski definition) is 0. The third-order valence-electron chi connectivity index (χ3n) is 0.800. The summed E-state index contributed by atoms with van der Waals surface area (Å²) >= 11 is 0. The van der Waals surface area contributed by atoms with E-state index in [0.29, 0.717) is 6.42 Å². The summed E-state index contributed by atoms with van der Waals surface area (Å²) in [4.78, 5) is 3.65. The summed E-state index contributed by atoms with van der Waals surface area (Å²) in [6, 6.07) is 0. The highest BCUT2D eigenvalue weighted by atomic mass is 32.2. The molecule has 0 saturated heterocycles. The predicted molar refractivity (Wildman–Crippen MR) is 38.7 cm³/mol. The Morgan fingerprint density at radius 2 is 2.11 bits per heavy atom. The molecule has 0 N–H and O–H groups in total. The molecule has 3 nitrogen and oxygen atoms in total. The van der Waals surface area contributed by atoms with E-state index in [1.165, 1.54) is 6.26 Å². The van der Waals surface area contributed by atoms with E-state index in [0.717, 1.165) is 0 Å². The maximum absolute atomic E-state index is 10.4. The molecule has 0 spiro atoms. The van der Waals surface area contributed by atoms with Crippen molar-refractivity contribution in [3.8, 4) is 0 Å². The fourth-order valence-corrected chi connectivity index (χ4v) is 0.929. The highest BCUT2D eigenvalue weighted by Crippen LogP contribution is 1.84. The maximum Gasteiger partial charge on any atom is 0.147 e. The minimum absolute atomic E-state index is 0.199. The molecule has 0 amide bonds. The van der Waals surface area contributed by atoms with E-state index in [-0.39, 0.29) is 5.75 Å². The number of sulfone groups is 1. The van der Waals surface area contributed by atoms with E-state index in [2.05, 4.69) is 4.99 Å². The average Bonchev–Trinajstić information content (AvgIpc) is 1.63. The monoisotopic (exact) mass is 149 g/mol. The Bertz CT molecular complexity index is 181. The summed E-state index contributed by atoms with van der Waals surface area (Å²) in [5.41, 5.74) is 0. The fraction of sp³-hybridized carbons (Fsp3) is 0.800. The fourth-order valence-electron chi connectivity index (χ4n) is 0.396. The molecular weight excluding hydrogens is 138 g/mol. The Labute approximate surface area is 55.7 Å². The zero-order valence-corrected chi connectivity index (χ0v) is 6.48. The molecule has 0 rings (SSSR count). The second-order valence-electron chi connectivity index (χ2n) is 1.86. The topological polar surface area (TPSA) is 46.5 Å². The summed E-state index contributed by atoms with van der Waals surface area (Å²) in [7, 11) is -1.16. The molecule has 0 aliphatic carbocycles. The van der Waals surface area contributed by atoms with Crippen LogP contribution in [0.2, 0.25) is 0 Å². The van der Waals surface area contributed by atoms with Gasteiger partial charge < -0.3 is 4.99 Å². The molecule has 0 aromatic carbocycles. The van der Waals surface area contributed by atoms with Crippen LogP contribution in [0.1, 0.15) is 6.42 Å². The Morgan fingerprint density at radius 1 is 1.56 bits per heavy atom. The second kappa shape index (κ2) is 3.61. The predicted octanol–water partition coefficient (Wildman–Crippen LogP) is 0.122. The smallest absolute Gasteiger partial charge is 0.147 e. The van der Waals surface area contributed by atoms with Gasteiger partial charge in [0, 0.05) is 13.3 Å². The zero-order chi connectivity index (χ0) is 7.33. The van der Waals surface area contributed by atoms with Crippen molar-refractivity contribution >= 4 is 16.1 Å². The van der Waals surface area contributed by atoms with E-state index >= 15 is 0 Å². The molecule has 0 saturated carbocycles. The van der Waals surface area contributed by atoms with Crippen molar-refractivity contribution in [3.63, 3.8) is 0 Å². The van der Waals surface area contributed by atoms with Crippen molar-refractivity contribution in [2.75, 3.05) is 19.1 Å². The third-order valence-corrected chi connectivity index (χ3v) is 1.78. The van der Waals surface area contributed by atoms with Crippen LogP contribution in [0.25, 0.3) is 0 Å². The summed E-state index contributed by atoms with van der Waals surface area (Å²) in [6.45, 7) is 0. The Hall–Kier alpha value is -0.380. The number of nitrogens with zero attached hydrogens (tertiary/aromatic N) is 1. The van der Waals surface area contributed by atoms with Crippen LogP contribution in [-0.2, 0) is 9.84 Å². The van der Waals surface area contributed by atoms with Crippen LogP contribution in [0.4, 0.5) is 0 Å². The van der Waals surface area contributed by atoms with Crippen molar-refractivity contribution in [2.24, 2.45) is 4.99 Å². The lowest BCUT2D eigenvalue weighted by molar-refractivity contribution is 0.602. The minimum atomic E-state index is -2.79. The standard InChI is InChI=1S/C5H11NO2S/c1-6-4-3-5-9(2,7)8/h4H,3,5H2,1-2H3. The van der Waals surface area contributed by atoms with Crippen LogP contribution in [0.15, 0.2) is 4.99 Å². The van der Waals surface area contributed by atoms with Crippen LogP contribution in [0, 0.1) is 0 Å². The molecular formula is C5H11NO2S. The third kappa shape index (κ3) is 7.62. The van der Waals surface area contributed by atoms with Gasteiger partial charge in [-0.3, -0.25) is 0 Å². The maximum atomic E-state index is 10.4. The quantitative estimate of drug-likeness (QED) is 0.535. The molecule has 0 unspecified atom stereocenters. The molecule has 4 heteroatoms. The van der Waals surface area contributed by atoms with E-state index < -0.39 is 9.84 Å². The van der Waals surface area contributed by atoms with Gasteiger partial charge in [0.25, 0.3) is 0 Å². The van der Waals surface area contributed by atoms with E-state index in [9.17, 15) is 8.42 Å². The van der Waals surface area contributed by atoms with Crippen molar-refractivity contribution in [1.29, 1.82) is 0 Å². The van der Waals surface area contributed by atoms with Gasteiger partial charge in [-0.05, 0) is 12.6 Å².